The molecule has 0 bridgehead atoms. The Morgan fingerprint density at radius 3 is 3.04 bits per heavy atom. The number of imidazole rings is 1. The molecule has 1 N–H and O–H groups in total. The van der Waals surface area contributed by atoms with Crippen LogP contribution in [0, 0.1) is 6.92 Å². The van der Waals surface area contributed by atoms with Crippen LogP contribution in [-0.4, -0.2) is 40.5 Å². The fourth-order valence-corrected chi connectivity index (χ4v) is 3.15. The third kappa shape index (κ3) is 3.79. The second-order valence-electron chi connectivity index (χ2n) is 6.60. The molecule has 0 saturated carbocycles. The number of amides is 1. The number of hydrogen-bond donors (Lipinski definition) is 1. The molecule has 1 unspecified atom stereocenters. The second-order valence-corrected chi connectivity index (χ2v) is 6.60. The number of hydrogen-bond acceptors (Lipinski definition) is 3. The van der Waals surface area contributed by atoms with Gasteiger partial charge in [-0.3, -0.25) is 4.79 Å². The van der Waals surface area contributed by atoms with Gasteiger partial charge in [-0.25, -0.2) is 4.98 Å². The van der Waals surface area contributed by atoms with Crippen LogP contribution < -0.4 is 5.32 Å². The van der Waals surface area contributed by atoms with Crippen LogP contribution in [0.1, 0.15) is 33.9 Å². The Morgan fingerprint density at radius 1 is 1.43 bits per heavy atom. The van der Waals surface area contributed by atoms with E-state index in [1.54, 1.807) is 0 Å². The van der Waals surface area contributed by atoms with Crippen LogP contribution >= 0.6 is 0 Å². The Hall–Kier alpha value is -2.14. The van der Waals surface area contributed by atoms with Crippen molar-refractivity contribution in [1.82, 2.24) is 19.8 Å². The Kier molecular flexibility index (Phi) is 4.48. The van der Waals surface area contributed by atoms with Gasteiger partial charge in [0.1, 0.15) is 5.82 Å². The molecule has 23 heavy (non-hydrogen) atoms. The number of aryl methyl sites for hydroxylation is 2. The summed E-state index contributed by atoms with van der Waals surface area (Å²) in [6, 6.07) is 8.03. The number of carbonyl (C=O) groups excluding carboxylic acids is 1. The first kappa shape index (κ1) is 15.7. The Balaban J connectivity index is 1.65. The monoisotopic (exact) mass is 312 g/mol. The second kappa shape index (κ2) is 6.54. The summed E-state index contributed by atoms with van der Waals surface area (Å²) in [5.74, 6) is 1.14. The number of nitrogens with one attached hydrogen (secondary N) is 1. The van der Waals surface area contributed by atoms with Crippen molar-refractivity contribution in [2.75, 3.05) is 14.1 Å². The summed E-state index contributed by atoms with van der Waals surface area (Å²) in [6.07, 6.45) is 3.92. The van der Waals surface area contributed by atoms with Gasteiger partial charge in [0.25, 0.3) is 5.91 Å². The highest BCUT2D eigenvalue weighted by molar-refractivity contribution is 5.94. The van der Waals surface area contributed by atoms with E-state index in [1.807, 2.05) is 39.2 Å². The largest absolute Gasteiger partial charge is 0.347 e. The molecule has 1 aliphatic heterocycles. The molecule has 5 heteroatoms. The SMILES string of the molecule is Cc1cn2c(n1)CCC(NC(=O)c1cccc(CN(C)C)c1)C2. The van der Waals surface area contributed by atoms with Crippen molar-refractivity contribution >= 4 is 5.91 Å². The van der Waals surface area contributed by atoms with Gasteiger partial charge >= 0.3 is 0 Å². The molecule has 3 rings (SSSR count). The van der Waals surface area contributed by atoms with E-state index in [2.05, 4.69) is 32.0 Å². The van der Waals surface area contributed by atoms with Gasteiger partial charge in [-0.2, -0.15) is 0 Å². The summed E-state index contributed by atoms with van der Waals surface area (Å²) in [6.45, 7) is 3.65. The zero-order valence-electron chi connectivity index (χ0n) is 14.0. The summed E-state index contributed by atoms with van der Waals surface area (Å²) < 4.78 is 2.16. The maximum absolute atomic E-state index is 12.5. The Labute approximate surface area is 137 Å². The van der Waals surface area contributed by atoms with E-state index in [1.165, 1.54) is 0 Å². The molecular formula is C18H24N4O. The van der Waals surface area contributed by atoms with Gasteiger partial charge in [0.05, 0.1) is 5.69 Å². The van der Waals surface area contributed by atoms with Crippen LogP contribution in [0.2, 0.25) is 0 Å². The first-order valence-electron chi connectivity index (χ1n) is 8.08. The first-order chi connectivity index (χ1) is 11.0. The standard InChI is InChI=1S/C18H24N4O/c1-13-10-22-12-16(7-8-17(22)19-13)20-18(23)15-6-4-5-14(9-15)11-21(2)3/h4-6,9-10,16H,7-8,11-12H2,1-3H3,(H,20,23). The van der Waals surface area contributed by atoms with E-state index in [0.29, 0.717) is 0 Å². The minimum atomic E-state index is 0.0101. The Morgan fingerprint density at radius 2 is 2.26 bits per heavy atom. The van der Waals surface area contributed by atoms with Gasteiger partial charge in [0.15, 0.2) is 0 Å². The zero-order valence-corrected chi connectivity index (χ0v) is 14.0. The third-order valence-electron chi connectivity index (χ3n) is 4.14. The van der Waals surface area contributed by atoms with Gasteiger partial charge in [0, 0.05) is 37.3 Å². The lowest BCUT2D eigenvalue weighted by atomic mass is 10.1. The van der Waals surface area contributed by atoms with Crippen LogP contribution in [0.4, 0.5) is 0 Å². The summed E-state index contributed by atoms with van der Waals surface area (Å²) in [7, 11) is 4.05. The molecule has 1 atom stereocenters. The maximum Gasteiger partial charge on any atom is 0.251 e. The molecule has 0 fully saturated rings. The van der Waals surface area contributed by atoms with Gasteiger partial charge in [-0.15, -0.1) is 0 Å². The van der Waals surface area contributed by atoms with Crippen molar-refractivity contribution in [3.05, 3.63) is 53.1 Å². The zero-order chi connectivity index (χ0) is 16.4. The highest BCUT2D eigenvalue weighted by Gasteiger charge is 2.21. The molecule has 1 aromatic heterocycles. The molecule has 0 radical (unpaired) electrons. The predicted molar refractivity (Wildman–Crippen MR) is 90.4 cm³/mol. The van der Waals surface area contributed by atoms with E-state index >= 15 is 0 Å². The van der Waals surface area contributed by atoms with Crippen molar-refractivity contribution in [3.8, 4) is 0 Å². The van der Waals surface area contributed by atoms with Gasteiger partial charge in [-0.1, -0.05) is 12.1 Å². The maximum atomic E-state index is 12.5. The molecular weight excluding hydrogens is 288 g/mol. The van der Waals surface area contributed by atoms with Gasteiger partial charge in [-0.05, 0) is 45.1 Å². The Bertz CT molecular complexity index is 705. The topological polar surface area (TPSA) is 50.2 Å². The molecule has 1 aromatic carbocycles. The van der Waals surface area contributed by atoms with E-state index in [-0.39, 0.29) is 11.9 Å². The van der Waals surface area contributed by atoms with Crippen LogP contribution in [0.3, 0.4) is 0 Å². The van der Waals surface area contributed by atoms with Crippen LogP contribution in [0.5, 0.6) is 0 Å². The van der Waals surface area contributed by atoms with Crippen LogP contribution in [0.25, 0.3) is 0 Å². The lowest BCUT2D eigenvalue weighted by Gasteiger charge is -2.24. The molecule has 1 aliphatic rings. The highest BCUT2D eigenvalue weighted by atomic mass is 16.1. The van der Waals surface area contributed by atoms with Crippen molar-refractivity contribution in [1.29, 1.82) is 0 Å². The van der Waals surface area contributed by atoms with Gasteiger partial charge < -0.3 is 14.8 Å². The summed E-state index contributed by atoms with van der Waals surface area (Å²) >= 11 is 0. The molecule has 5 nitrogen and oxygen atoms in total. The van der Waals surface area contributed by atoms with E-state index in [0.717, 1.165) is 48.6 Å². The molecule has 122 valence electrons. The van der Waals surface area contributed by atoms with Crippen molar-refractivity contribution in [2.45, 2.75) is 38.9 Å². The molecule has 2 heterocycles. The summed E-state index contributed by atoms with van der Waals surface area (Å²) in [5.41, 5.74) is 2.93. The number of carbonyl (C=O) groups is 1. The smallest absolute Gasteiger partial charge is 0.251 e. The predicted octanol–water partition coefficient (Wildman–Crippen LogP) is 2.00. The number of benzene rings is 1. The molecule has 0 aliphatic carbocycles. The van der Waals surface area contributed by atoms with Crippen LogP contribution in [0.15, 0.2) is 30.5 Å². The summed E-state index contributed by atoms with van der Waals surface area (Å²) in [4.78, 5) is 19.1. The lowest BCUT2D eigenvalue weighted by molar-refractivity contribution is 0.0927. The minimum absolute atomic E-state index is 0.0101. The number of fused-ring (bicyclic) bond motifs is 1. The fraction of sp³-hybridized carbons (Fsp3) is 0.444. The highest BCUT2D eigenvalue weighted by Crippen LogP contribution is 2.16. The van der Waals surface area contributed by atoms with Crippen molar-refractivity contribution < 1.29 is 4.79 Å². The molecule has 1 amide bonds. The van der Waals surface area contributed by atoms with E-state index in [9.17, 15) is 4.79 Å². The number of aromatic nitrogens is 2. The minimum Gasteiger partial charge on any atom is -0.347 e. The van der Waals surface area contributed by atoms with E-state index in [4.69, 9.17) is 0 Å². The normalized spacial score (nSPS) is 17.1. The van der Waals surface area contributed by atoms with Crippen molar-refractivity contribution in [2.24, 2.45) is 0 Å². The fourth-order valence-electron chi connectivity index (χ4n) is 3.15. The molecule has 0 saturated heterocycles. The third-order valence-corrected chi connectivity index (χ3v) is 4.14. The van der Waals surface area contributed by atoms with Crippen molar-refractivity contribution in [3.63, 3.8) is 0 Å². The van der Waals surface area contributed by atoms with Gasteiger partial charge in [0.2, 0.25) is 0 Å². The average Bonchev–Trinajstić information content (AvgIpc) is 2.86. The number of rotatable bonds is 4. The van der Waals surface area contributed by atoms with E-state index < -0.39 is 0 Å². The summed E-state index contributed by atoms with van der Waals surface area (Å²) in [5, 5.41) is 3.16. The lowest BCUT2D eigenvalue weighted by Crippen LogP contribution is -2.40. The first-order valence-corrected chi connectivity index (χ1v) is 8.08. The quantitative estimate of drug-likeness (QED) is 0.939. The molecule has 2 aromatic rings. The molecule has 0 spiro atoms. The van der Waals surface area contributed by atoms with Crippen LogP contribution in [-0.2, 0) is 19.5 Å². The average molecular weight is 312 g/mol. The number of nitrogens with zero attached hydrogens (tertiary/aromatic N) is 3.